The normalized spacial score (nSPS) is 8.67. The van der Waals surface area contributed by atoms with Crippen molar-refractivity contribution in [2.45, 2.75) is 0 Å². The molecular formula is C6H10N2O4. The van der Waals surface area contributed by atoms with E-state index in [0.717, 1.165) is 0 Å². The molecule has 6 heteroatoms. The van der Waals surface area contributed by atoms with Gasteiger partial charge in [-0.3, -0.25) is 4.84 Å². The average Bonchev–Trinajstić information content (AvgIpc) is 2.00. The molecule has 0 aliphatic rings. The maximum Gasteiger partial charge on any atom is 0.338 e. The van der Waals surface area contributed by atoms with Crippen molar-refractivity contribution in [2.75, 3.05) is 13.2 Å². The monoisotopic (exact) mass is 174 g/mol. The van der Waals surface area contributed by atoms with Crippen LogP contribution < -0.4 is 10.8 Å². The van der Waals surface area contributed by atoms with Crippen molar-refractivity contribution in [3.05, 3.63) is 12.7 Å². The van der Waals surface area contributed by atoms with Crippen molar-refractivity contribution in [1.82, 2.24) is 10.8 Å². The molecule has 0 atom stereocenters. The number of carbonyl (C=O) groups is 2. The predicted molar refractivity (Wildman–Crippen MR) is 40.3 cm³/mol. The van der Waals surface area contributed by atoms with Crippen LogP contribution in [0.3, 0.4) is 0 Å². The minimum atomic E-state index is -1.15. The lowest BCUT2D eigenvalue weighted by molar-refractivity contribution is -0.144. The third kappa shape index (κ3) is 6.56. The van der Waals surface area contributed by atoms with E-state index in [1.807, 2.05) is 5.48 Å². The number of carboxylic acids is 1. The number of urea groups is 1. The van der Waals surface area contributed by atoms with Gasteiger partial charge in [0.1, 0.15) is 0 Å². The molecule has 2 amide bonds. The van der Waals surface area contributed by atoms with E-state index < -0.39 is 18.6 Å². The minimum Gasteiger partial charge on any atom is -0.479 e. The third-order valence-corrected chi connectivity index (χ3v) is 0.767. The summed E-state index contributed by atoms with van der Waals surface area (Å²) >= 11 is 0. The number of rotatable bonds is 5. The SMILES string of the molecule is C=CCNC(=O)NOCC(=O)O. The molecule has 0 aromatic heterocycles. The largest absolute Gasteiger partial charge is 0.479 e. The number of carboxylic acid groups (broad SMARTS) is 1. The number of amides is 2. The molecule has 0 aliphatic heterocycles. The van der Waals surface area contributed by atoms with Gasteiger partial charge in [0, 0.05) is 6.54 Å². The molecule has 0 heterocycles. The first-order valence-corrected chi connectivity index (χ1v) is 3.15. The Morgan fingerprint density at radius 2 is 2.25 bits per heavy atom. The van der Waals surface area contributed by atoms with Crippen LogP contribution in [0.25, 0.3) is 0 Å². The van der Waals surface area contributed by atoms with Gasteiger partial charge in [0.05, 0.1) is 0 Å². The van der Waals surface area contributed by atoms with Gasteiger partial charge in [-0.2, -0.15) is 0 Å². The summed E-state index contributed by atoms with van der Waals surface area (Å²) in [6.07, 6.45) is 1.48. The lowest BCUT2D eigenvalue weighted by atomic mass is 10.6. The Kier molecular flexibility index (Phi) is 5.37. The third-order valence-electron chi connectivity index (χ3n) is 0.767. The second kappa shape index (κ2) is 6.17. The van der Waals surface area contributed by atoms with Crippen molar-refractivity contribution >= 4 is 12.0 Å². The van der Waals surface area contributed by atoms with Gasteiger partial charge in [0.2, 0.25) is 0 Å². The van der Waals surface area contributed by atoms with Crippen molar-refractivity contribution in [2.24, 2.45) is 0 Å². The van der Waals surface area contributed by atoms with Gasteiger partial charge >= 0.3 is 12.0 Å². The van der Waals surface area contributed by atoms with Gasteiger partial charge in [-0.05, 0) is 0 Å². The highest BCUT2D eigenvalue weighted by atomic mass is 16.7. The molecule has 0 radical (unpaired) electrons. The molecule has 0 saturated carbocycles. The lowest BCUT2D eigenvalue weighted by Crippen LogP contribution is -2.36. The Morgan fingerprint density at radius 3 is 2.75 bits per heavy atom. The van der Waals surface area contributed by atoms with Crippen LogP contribution in [-0.2, 0) is 9.63 Å². The molecule has 0 aliphatic carbocycles. The molecule has 0 aromatic carbocycles. The molecule has 0 saturated heterocycles. The van der Waals surface area contributed by atoms with Crippen LogP contribution in [0.1, 0.15) is 0 Å². The Balaban J connectivity index is 3.31. The number of hydroxylamine groups is 1. The highest BCUT2D eigenvalue weighted by molar-refractivity contribution is 5.73. The first-order valence-electron chi connectivity index (χ1n) is 3.15. The molecule has 0 aromatic rings. The van der Waals surface area contributed by atoms with Crippen LogP contribution >= 0.6 is 0 Å². The van der Waals surface area contributed by atoms with Gasteiger partial charge in [-0.25, -0.2) is 15.1 Å². The number of nitrogens with one attached hydrogen (secondary N) is 2. The summed E-state index contributed by atoms with van der Waals surface area (Å²) in [6.45, 7) is 3.09. The van der Waals surface area contributed by atoms with Crippen LogP contribution in [-0.4, -0.2) is 30.3 Å². The summed E-state index contributed by atoms with van der Waals surface area (Å²) in [5.41, 5.74) is 1.87. The van der Waals surface area contributed by atoms with Crippen molar-refractivity contribution in [1.29, 1.82) is 0 Å². The first kappa shape index (κ1) is 10.4. The van der Waals surface area contributed by atoms with E-state index in [4.69, 9.17) is 5.11 Å². The number of hydrogen-bond acceptors (Lipinski definition) is 3. The Bertz CT molecular complexity index is 180. The summed E-state index contributed by atoms with van der Waals surface area (Å²) in [5.74, 6) is -1.15. The van der Waals surface area contributed by atoms with Gasteiger partial charge in [0.15, 0.2) is 6.61 Å². The molecule has 68 valence electrons. The summed E-state index contributed by atoms with van der Waals surface area (Å²) in [6, 6.07) is -0.601. The van der Waals surface area contributed by atoms with Crippen LogP contribution in [0.5, 0.6) is 0 Å². The molecule has 0 unspecified atom stereocenters. The summed E-state index contributed by atoms with van der Waals surface area (Å²) in [4.78, 5) is 24.7. The standard InChI is InChI=1S/C6H10N2O4/c1-2-3-7-6(11)8-12-4-5(9)10/h2H,1,3-4H2,(H,9,10)(H2,7,8,11). The van der Waals surface area contributed by atoms with E-state index in [0.29, 0.717) is 6.54 Å². The maximum absolute atomic E-state index is 10.6. The predicted octanol–water partition coefficient (Wildman–Crippen LogP) is -0.512. The Hall–Kier alpha value is -1.56. The van der Waals surface area contributed by atoms with Crippen molar-refractivity contribution in [3.63, 3.8) is 0 Å². The van der Waals surface area contributed by atoms with E-state index in [-0.39, 0.29) is 0 Å². The number of carbonyl (C=O) groups excluding carboxylic acids is 1. The fourth-order valence-corrected chi connectivity index (χ4v) is 0.364. The molecule has 0 bridgehead atoms. The lowest BCUT2D eigenvalue weighted by Gasteiger charge is -2.03. The Labute approximate surface area is 69.2 Å². The van der Waals surface area contributed by atoms with Crippen molar-refractivity contribution < 1.29 is 19.5 Å². The van der Waals surface area contributed by atoms with Crippen LogP contribution in [0, 0.1) is 0 Å². The minimum absolute atomic E-state index is 0.294. The highest BCUT2D eigenvalue weighted by Gasteiger charge is 1.99. The van der Waals surface area contributed by atoms with Crippen molar-refractivity contribution in [3.8, 4) is 0 Å². The average molecular weight is 174 g/mol. The first-order chi connectivity index (χ1) is 5.66. The fraction of sp³-hybridized carbons (Fsp3) is 0.333. The molecular weight excluding hydrogens is 164 g/mol. The molecule has 0 rings (SSSR count). The zero-order chi connectivity index (χ0) is 9.40. The molecule has 3 N–H and O–H groups in total. The summed E-state index contributed by atoms with van der Waals surface area (Å²) in [7, 11) is 0. The van der Waals surface area contributed by atoms with Gasteiger partial charge < -0.3 is 10.4 Å². The molecule has 6 nitrogen and oxygen atoms in total. The second-order valence-corrected chi connectivity index (χ2v) is 1.78. The van der Waals surface area contributed by atoms with Crippen LogP contribution in [0.4, 0.5) is 4.79 Å². The van der Waals surface area contributed by atoms with Gasteiger partial charge in [-0.15, -0.1) is 6.58 Å². The zero-order valence-corrected chi connectivity index (χ0v) is 6.37. The topological polar surface area (TPSA) is 87.7 Å². The van der Waals surface area contributed by atoms with E-state index >= 15 is 0 Å². The highest BCUT2D eigenvalue weighted by Crippen LogP contribution is 1.70. The van der Waals surface area contributed by atoms with E-state index in [1.165, 1.54) is 6.08 Å². The van der Waals surface area contributed by atoms with Gasteiger partial charge in [0.25, 0.3) is 0 Å². The number of aliphatic carboxylic acids is 1. The zero-order valence-electron chi connectivity index (χ0n) is 6.37. The maximum atomic E-state index is 10.6. The van der Waals surface area contributed by atoms with E-state index in [1.54, 1.807) is 0 Å². The van der Waals surface area contributed by atoms with Crippen LogP contribution in [0.15, 0.2) is 12.7 Å². The molecule has 12 heavy (non-hydrogen) atoms. The molecule has 0 spiro atoms. The fourth-order valence-electron chi connectivity index (χ4n) is 0.364. The molecule has 0 fully saturated rings. The van der Waals surface area contributed by atoms with E-state index in [9.17, 15) is 9.59 Å². The van der Waals surface area contributed by atoms with Crippen LogP contribution in [0.2, 0.25) is 0 Å². The summed E-state index contributed by atoms with van der Waals surface area (Å²) < 4.78 is 0. The number of hydrogen-bond donors (Lipinski definition) is 3. The van der Waals surface area contributed by atoms with Gasteiger partial charge in [-0.1, -0.05) is 6.08 Å². The quantitative estimate of drug-likeness (QED) is 0.387. The summed E-state index contributed by atoms with van der Waals surface area (Å²) in [5, 5.41) is 10.4. The Morgan fingerprint density at radius 1 is 1.58 bits per heavy atom. The van der Waals surface area contributed by atoms with E-state index in [2.05, 4.69) is 16.7 Å². The second-order valence-electron chi connectivity index (χ2n) is 1.78. The smallest absolute Gasteiger partial charge is 0.338 e.